The lowest BCUT2D eigenvalue weighted by Gasteiger charge is -2.18. The van der Waals surface area contributed by atoms with Crippen LogP contribution in [0.3, 0.4) is 0 Å². The number of benzene rings is 1. The highest BCUT2D eigenvalue weighted by atomic mass is 16.5. The molecule has 0 saturated carbocycles. The second kappa shape index (κ2) is 6.43. The second-order valence-corrected chi connectivity index (χ2v) is 4.62. The fourth-order valence-corrected chi connectivity index (χ4v) is 2.24. The number of hydrogen-bond donors (Lipinski definition) is 1. The van der Waals surface area contributed by atoms with Gasteiger partial charge in [-0.15, -0.1) is 0 Å². The fraction of sp³-hybridized carbons (Fsp3) is 0.375. The zero-order valence-corrected chi connectivity index (χ0v) is 11.8. The van der Waals surface area contributed by atoms with E-state index in [2.05, 4.69) is 37.4 Å². The van der Waals surface area contributed by atoms with Crippen LogP contribution in [-0.2, 0) is 6.42 Å². The van der Waals surface area contributed by atoms with E-state index >= 15 is 0 Å². The van der Waals surface area contributed by atoms with E-state index in [0.717, 1.165) is 30.0 Å². The molecule has 1 unspecified atom stereocenters. The number of methoxy groups -OCH3 is 1. The van der Waals surface area contributed by atoms with E-state index in [1.165, 1.54) is 5.56 Å². The van der Waals surface area contributed by atoms with Crippen LogP contribution in [0.5, 0.6) is 5.75 Å². The van der Waals surface area contributed by atoms with Gasteiger partial charge in [-0.1, -0.05) is 19.1 Å². The summed E-state index contributed by atoms with van der Waals surface area (Å²) in [5.41, 5.74) is 2.38. The molecule has 2 aromatic rings. The van der Waals surface area contributed by atoms with Crippen LogP contribution in [-0.4, -0.2) is 13.7 Å². The summed E-state index contributed by atoms with van der Waals surface area (Å²) in [6, 6.07) is 10.5. The molecule has 0 radical (unpaired) electrons. The Morgan fingerprint density at radius 3 is 2.79 bits per heavy atom. The highest BCUT2D eigenvalue weighted by Gasteiger charge is 2.14. The minimum absolute atomic E-state index is 0.241. The van der Waals surface area contributed by atoms with Gasteiger partial charge in [0.05, 0.1) is 13.4 Å². The summed E-state index contributed by atoms with van der Waals surface area (Å²) in [6.45, 7) is 5.08. The first-order chi connectivity index (χ1) is 9.24. The van der Waals surface area contributed by atoms with Gasteiger partial charge in [0.2, 0.25) is 0 Å². The van der Waals surface area contributed by atoms with E-state index in [1.54, 1.807) is 13.4 Å². The molecule has 3 nitrogen and oxygen atoms in total. The van der Waals surface area contributed by atoms with Gasteiger partial charge in [0.15, 0.2) is 0 Å². The molecule has 0 fully saturated rings. The van der Waals surface area contributed by atoms with Crippen molar-refractivity contribution in [1.82, 2.24) is 5.32 Å². The molecule has 0 bridgehead atoms. The van der Waals surface area contributed by atoms with Crippen LogP contribution in [0.4, 0.5) is 0 Å². The first-order valence-electron chi connectivity index (χ1n) is 6.65. The van der Waals surface area contributed by atoms with Crippen molar-refractivity contribution in [3.8, 4) is 5.75 Å². The molecule has 2 rings (SSSR count). The van der Waals surface area contributed by atoms with Crippen LogP contribution in [0.25, 0.3) is 0 Å². The molecule has 1 aromatic carbocycles. The van der Waals surface area contributed by atoms with Crippen molar-refractivity contribution >= 4 is 0 Å². The number of furan rings is 1. The molecule has 0 spiro atoms. The van der Waals surface area contributed by atoms with Gasteiger partial charge in [-0.25, -0.2) is 0 Å². The van der Waals surface area contributed by atoms with Gasteiger partial charge in [0.25, 0.3) is 0 Å². The van der Waals surface area contributed by atoms with E-state index in [-0.39, 0.29) is 6.04 Å². The molecule has 1 heterocycles. The van der Waals surface area contributed by atoms with E-state index in [1.807, 2.05) is 12.1 Å². The molecule has 0 aliphatic heterocycles. The van der Waals surface area contributed by atoms with Crippen molar-refractivity contribution in [2.24, 2.45) is 0 Å². The van der Waals surface area contributed by atoms with Crippen molar-refractivity contribution < 1.29 is 9.15 Å². The third-order valence-electron chi connectivity index (χ3n) is 3.27. The van der Waals surface area contributed by atoms with E-state index < -0.39 is 0 Å². The SMILES string of the molecule is CCNC(Cc1ccco1)c1ccc(C)c(OC)c1. The lowest BCUT2D eigenvalue weighted by atomic mass is 10.0. The number of ether oxygens (including phenoxy) is 1. The molecule has 0 amide bonds. The Morgan fingerprint density at radius 2 is 2.16 bits per heavy atom. The number of hydrogen-bond acceptors (Lipinski definition) is 3. The topological polar surface area (TPSA) is 34.4 Å². The fourth-order valence-electron chi connectivity index (χ4n) is 2.24. The third kappa shape index (κ3) is 3.38. The van der Waals surface area contributed by atoms with Gasteiger partial charge in [-0.05, 0) is 42.8 Å². The highest BCUT2D eigenvalue weighted by Crippen LogP contribution is 2.25. The van der Waals surface area contributed by atoms with Gasteiger partial charge in [0, 0.05) is 12.5 Å². The molecule has 19 heavy (non-hydrogen) atoms. The summed E-state index contributed by atoms with van der Waals surface area (Å²) in [7, 11) is 1.71. The largest absolute Gasteiger partial charge is 0.496 e. The van der Waals surface area contributed by atoms with Crippen molar-refractivity contribution in [3.63, 3.8) is 0 Å². The predicted octanol–water partition coefficient (Wildman–Crippen LogP) is 3.49. The molecule has 3 heteroatoms. The van der Waals surface area contributed by atoms with Crippen LogP contribution < -0.4 is 10.1 Å². The van der Waals surface area contributed by atoms with Crippen LogP contribution in [0.15, 0.2) is 41.0 Å². The summed E-state index contributed by atoms with van der Waals surface area (Å²) in [4.78, 5) is 0. The Bertz CT molecular complexity index is 505. The second-order valence-electron chi connectivity index (χ2n) is 4.62. The number of rotatable bonds is 6. The summed E-state index contributed by atoms with van der Waals surface area (Å²) in [6.07, 6.45) is 2.56. The number of likely N-dealkylation sites (N-methyl/N-ethyl adjacent to an activating group) is 1. The number of aryl methyl sites for hydroxylation is 1. The summed E-state index contributed by atoms with van der Waals surface area (Å²) >= 11 is 0. The lowest BCUT2D eigenvalue weighted by molar-refractivity contribution is 0.408. The Balaban J connectivity index is 2.22. The molecule has 1 atom stereocenters. The lowest BCUT2D eigenvalue weighted by Crippen LogP contribution is -2.22. The quantitative estimate of drug-likeness (QED) is 0.862. The van der Waals surface area contributed by atoms with Crippen LogP contribution in [0, 0.1) is 6.92 Å². The Hall–Kier alpha value is -1.74. The van der Waals surface area contributed by atoms with Crippen LogP contribution in [0.1, 0.15) is 29.9 Å². The molecule has 1 N–H and O–H groups in total. The predicted molar refractivity (Wildman–Crippen MR) is 76.6 cm³/mol. The van der Waals surface area contributed by atoms with Crippen molar-refractivity contribution in [2.75, 3.05) is 13.7 Å². The Kier molecular flexibility index (Phi) is 4.63. The van der Waals surface area contributed by atoms with Crippen molar-refractivity contribution in [3.05, 3.63) is 53.5 Å². The standard InChI is InChI=1S/C16H21NO2/c1-4-17-15(11-14-6-5-9-19-14)13-8-7-12(2)16(10-13)18-3/h5-10,15,17H,4,11H2,1-3H3. The summed E-state index contributed by atoms with van der Waals surface area (Å²) in [5, 5.41) is 3.49. The van der Waals surface area contributed by atoms with Gasteiger partial charge >= 0.3 is 0 Å². The van der Waals surface area contributed by atoms with Crippen LogP contribution in [0.2, 0.25) is 0 Å². The van der Waals surface area contributed by atoms with Crippen molar-refractivity contribution in [1.29, 1.82) is 0 Å². The average molecular weight is 259 g/mol. The minimum Gasteiger partial charge on any atom is -0.496 e. The van der Waals surface area contributed by atoms with Crippen LogP contribution >= 0.6 is 0 Å². The monoisotopic (exact) mass is 259 g/mol. The summed E-state index contributed by atoms with van der Waals surface area (Å²) < 4.78 is 10.8. The van der Waals surface area contributed by atoms with E-state index in [9.17, 15) is 0 Å². The van der Waals surface area contributed by atoms with Gasteiger partial charge < -0.3 is 14.5 Å². The van der Waals surface area contributed by atoms with Crippen molar-refractivity contribution in [2.45, 2.75) is 26.3 Å². The van der Waals surface area contributed by atoms with E-state index in [4.69, 9.17) is 9.15 Å². The zero-order chi connectivity index (χ0) is 13.7. The molecular weight excluding hydrogens is 238 g/mol. The Labute approximate surface area is 114 Å². The molecule has 1 aromatic heterocycles. The molecular formula is C16H21NO2. The maximum Gasteiger partial charge on any atom is 0.122 e. The van der Waals surface area contributed by atoms with Gasteiger partial charge in [-0.2, -0.15) is 0 Å². The molecule has 0 saturated heterocycles. The third-order valence-corrected chi connectivity index (χ3v) is 3.27. The molecule has 0 aliphatic rings. The van der Waals surface area contributed by atoms with Gasteiger partial charge in [-0.3, -0.25) is 0 Å². The first-order valence-corrected chi connectivity index (χ1v) is 6.65. The summed E-state index contributed by atoms with van der Waals surface area (Å²) in [5.74, 6) is 1.92. The molecule has 102 valence electrons. The first kappa shape index (κ1) is 13.7. The van der Waals surface area contributed by atoms with E-state index in [0.29, 0.717) is 0 Å². The minimum atomic E-state index is 0.241. The normalized spacial score (nSPS) is 12.4. The van der Waals surface area contributed by atoms with Gasteiger partial charge in [0.1, 0.15) is 11.5 Å². The highest BCUT2D eigenvalue weighted by molar-refractivity contribution is 5.38. The zero-order valence-electron chi connectivity index (χ0n) is 11.8. The average Bonchev–Trinajstić information content (AvgIpc) is 2.92. The Morgan fingerprint density at radius 1 is 1.32 bits per heavy atom. The maximum absolute atomic E-state index is 5.44. The maximum atomic E-state index is 5.44. The number of nitrogens with one attached hydrogen (secondary N) is 1. The smallest absolute Gasteiger partial charge is 0.122 e. The molecule has 0 aliphatic carbocycles.